The number of hydrogen-bond donors (Lipinski definition) is 2. The Labute approximate surface area is 229 Å². The zero-order chi connectivity index (χ0) is 28.7. The summed E-state index contributed by atoms with van der Waals surface area (Å²) in [4.78, 5) is 11.2. The van der Waals surface area contributed by atoms with Crippen molar-refractivity contribution in [1.82, 2.24) is 24.6 Å². The van der Waals surface area contributed by atoms with E-state index in [1.54, 1.807) is 47.1 Å². The van der Waals surface area contributed by atoms with Gasteiger partial charge in [0.25, 0.3) is 0 Å². The van der Waals surface area contributed by atoms with Crippen LogP contribution in [0.15, 0.2) is 78.2 Å². The molecule has 210 valence electrons. The van der Waals surface area contributed by atoms with E-state index >= 15 is 0 Å². The average molecular weight is 573 g/mol. The minimum atomic E-state index is -4.56. The third-order valence-corrected chi connectivity index (χ3v) is 8.44. The molecule has 40 heavy (non-hydrogen) atoms. The van der Waals surface area contributed by atoms with E-state index in [1.807, 2.05) is 24.3 Å². The Bertz CT molecular complexity index is 1600. The van der Waals surface area contributed by atoms with Crippen LogP contribution in [0.5, 0.6) is 0 Å². The molecule has 0 radical (unpaired) electrons. The molecule has 1 aliphatic heterocycles. The second-order valence-corrected chi connectivity index (χ2v) is 11.6. The van der Waals surface area contributed by atoms with Crippen molar-refractivity contribution >= 4 is 15.5 Å². The lowest BCUT2D eigenvalue weighted by atomic mass is 10.1. The molecule has 3 heterocycles. The fourth-order valence-electron chi connectivity index (χ4n) is 4.62. The van der Waals surface area contributed by atoms with Gasteiger partial charge in [0.15, 0.2) is 9.84 Å². The molecule has 10 nitrogen and oxygen atoms in total. The standard InChI is InChI=1S/C26H27F3N8O2S/c1-2-40(38,39)20-5-3-4-18(12-20)21-10-11-22-23(34-21)24(30)36(14-26(27,28)29)25(31)35(22)13-17-6-8-19(9-7-17)37-16-32-15-33-37/h3-12,15-16,24-25H,2,13-14,30-31H2,1H3. The Morgan fingerprint density at radius 1 is 1.02 bits per heavy atom. The summed E-state index contributed by atoms with van der Waals surface area (Å²) in [5, 5.41) is 4.09. The summed E-state index contributed by atoms with van der Waals surface area (Å²) >= 11 is 0. The summed E-state index contributed by atoms with van der Waals surface area (Å²) in [5.74, 6) is -0.0714. The molecule has 0 aliphatic carbocycles. The monoisotopic (exact) mass is 572 g/mol. The summed E-state index contributed by atoms with van der Waals surface area (Å²) in [6, 6.07) is 16.9. The molecule has 4 aromatic rings. The average Bonchev–Trinajstić information content (AvgIpc) is 3.48. The molecule has 5 rings (SSSR count). The third kappa shape index (κ3) is 5.56. The van der Waals surface area contributed by atoms with Crippen molar-refractivity contribution in [3.05, 3.63) is 84.6 Å². The highest BCUT2D eigenvalue weighted by molar-refractivity contribution is 7.91. The van der Waals surface area contributed by atoms with Gasteiger partial charge in [-0.2, -0.15) is 18.3 Å². The Balaban J connectivity index is 1.53. The SMILES string of the molecule is CCS(=O)(=O)c1cccc(-c2ccc3c(n2)C(N)N(CC(F)(F)F)C(N)N3Cc2ccc(-n3cncn3)cc2)c1. The molecular formula is C26H27F3N8O2S. The predicted octanol–water partition coefficient (Wildman–Crippen LogP) is 3.21. The van der Waals surface area contributed by atoms with E-state index < -0.39 is 35.0 Å². The number of aromatic nitrogens is 4. The van der Waals surface area contributed by atoms with Crippen LogP contribution in [0.4, 0.5) is 18.9 Å². The van der Waals surface area contributed by atoms with Crippen molar-refractivity contribution in [2.75, 3.05) is 17.2 Å². The molecule has 2 aromatic carbocycles. The number of anilines is 1. The maximum atomic E-state index is 13.6. The van der Waals surface area contributed by atoms with Crippen LogP contribution in [0.25, 0.3) is 16.9 Å². The van der Waals surface area contributed by atoms with Crippen molar-refractivity contribution in [2.45, 2.75) is 37.0 Å². The van der Waals surface area contributed by atoms with Crippen LogP contribution >= 0.6 is 0 Å². The first-order valence-corrected chi connectivity index (χ1v) is 14.0. The van der Waals surface area contributed by atoms with Crippen molar-refractivity contribution < 1.29 is 21.6 Å². The number of nitrogens with two attached hydrogens (primary N) is 2. The molecule has 0 fully saturated rings. The molecule has 0 saturated heterocycles. The van der Waals surface area contributed by atoms with E-state index in [2.05, 4.69) is 15.1 Å². The number of sulfone groups is 1. The number of nitrogens with zero attached hydrogens (tertiary/aromatic N) is 6. The topological polar surface area (TPSA) is 136 Å². The minimum absolute atomic E-state index is 0.0714. The number of benzene rings is 2. The zero-order valence-corrected chi connectivity index (χ0v) is 22.2. The van der Waals surface area contributed by atoms with Crippen molar-refractivity contribution in [1.29, 1.82) is 0 Å². The zero-order valence-electron chi connectivity index (χ0n) is 21.4. The summed E-state index contributed by atoms with van der Waals surface area (Å²) < 4.78 is 67.1. The Hall–Kier alpha value is -3.85. The second-order valence-electron chi connectivity index (χ2n) is 9.31. The molecule has 0 amide bonds. The largest absolute Gasteiger partial charge is 0.401 e. The van der Waals surface area contributed by atoms with Gasteiger partial charge in [-0.15, -0.1) is 0 Å². The molecule has 1 aliphatic rings. The first-order chi connectivity index (χ1) is 19.0. The number of hydrogen-bond acceptors (Lipinski definition) is 9. The van der Waals surface area contributed by atoms with Gasteiger partial charge in [0.2, 0.25) is 0 Å². The molecule has 14 heteroatoms. The third-order valence-electron chi connectivity index (χ3n) is 6.71. The van der Waals surface area contributed by atoms with Crippen LogP contribution < -0.4 is 16.4 Å². The highest BCUT2D eigenvalue weighted by atomic mass is 32.2. The summed E-state index contributed by atoms with van der Waals surface area (Å²) in [6.45, 7) is 0.387. The fraction of sp³-hybridized carbons (Fsp3) is 0.269. The van der Waals surface area contributed by atoms with Crippen LogP contribution in [0, 0.1) is 0 Å². The van der Waals surface area contributed by atoms with Gasteiger partial charge in [0.05, 0.1) is 40.0 Å². The molecule has 4 N–H and O–H groups in total. The molecular weight excluding hydrogens is 545 g/mol. The van der Waals surface area contributed by atoms with Crippen LogP contribution in [0.3, 0.4) is 0 Å². The minimum Gasteiger partial charge on any atom is -0.337 e. The van der Waals surface area contributed by atoms with E-state index in [0.717, 1.165) is 16.2 Å². The number of pyridine rings is 1. The van der Waals surface area contributed by atoms with Gasteiger partial charge in [-0.1, -0.05) is 31.2 Å². The number of rotatable bonds is 7. The van der Waals surface area contributed by atoms with Gasteiger partial charge in [0.1, 0.15) is 25.1 Å². The highest BCUT2D eigenvalue weighted by Gasteiger charge is 2.42. The van der Waals surface area contributed by atoms with E-state index in [9.17, 15) is 21.6 Å². The molecule has 2 atom stereocenters. The van der Waals surface area contributed by atoms with E-state index in [0.29, 0.717) is 16.9 Å². The van der Waals surface area contributed by atoms with Gasteiger partial charge in [0, 0.05) is 12.1 Å². The Morgan fingerprint density at radius 2 is 1.77 bits per heavy atom. The summed E-state index contributed by atoms with van der Waals surface area (Å²) in [6.07, 6.45) is -4.03. The van der Waals surface area contributed by atoms with Gasteiger partial charge in [-0.05, 0) is 42.0 Å². The van der Waals surface area contributed by atoms with Gasteiger partial charge < -0.3 is 10.6 Å². The fourth-order valence-corrected chi connectivity index (χ4v) is 5.54. The van der Waals surface area contributed by atoms with Crippen molar-refractivity contribution in [2.24, 2.45) is 11.5 Å². The molecule has 0 saturated carbocycles. The van der Waals surface area contributed by atoms with Crippen LogP contribution in [0.2, 0.25) is 0 Å². The number of fused-ring (bicyclic) bond motifs is 1. The van der Waals surface area contributed by atoms with Crippen molar-refractivity contribution in [3.8, 4) is 16.9 Å². The smallest absolute Gasteiger partial charge is 0.337 e. The van der Waals surface area contributed by atoms with Crippen LogP contribution in [-0.4, -0.2) is 57.8 Å². The lowest BCUT2D eigenvalue weighted by molar-refractivity contribution is -0.158. The summed E-state index contributed by atoms with van der Waals surface area (Å²) in [7, 11) is -3.47. The van der Waals surface area contributed by atoms with Gasteiger partial charge >= 0.3 is 6.18 Å². The highest BCUT2D eigenvalue weighted by Crippen LogP contribution is 2.38. The first-order valence-electron chi connectivity index (χ1n) is 12.4. The first kappa shape index (κ1) is 27.7. The van der Waals surface area contributed by atoms with E-state index in [-0.39, 0.29) is 22.9 Å². The molecule has 2 aromatic heterocycles. The Kier molecular flexibility index (Phi) is 7.35. The lowest BCUT2D eigenvalue weighted by Gasteiger charge is -2.46. The van der Waals surface area contributed by atoms with Gasteiger partial charge in [-0.3, -0.25) is 5.73 Å². The maximum absolute atomic E-state index is 13.6. The predicted molar refractivity (Wildman–Crippen MR) is 143 cm³/mol. The van der Waals surface area contributed by atoms with Crippen LogP contribution in [-0.2, 0) is 16.4 Å². The normalized spacial score (nSPS) is 18.1. The van der Waals surface area contributed by atoms with Gasteiger partial charge in [-0.25, -0.2) is 28.0 Å². The molecule has 0 spiro atoms. The molecule has 0 bridgehead atoms. The van der Waals surface area contributed by atoms with E-state index in [4.69, 9.17) is 11.5 Å². The quantitative estimate of drug-likeness (QED) is 0.342. The summed E-state index contributed by atoms with van der Waals surface area (Å²) in [5.41, 5.74) is 15.8. The molecule has 2 unspecified atom stereocenters. The second kappa shape index (κ2) is 10.6. The maximum Gasteiger partial charge on any atom is 0.401 e. The number of alkyl halides is 3. The number of halogens is 3. The lowest BCUT2D eigenvalue weighted by Crippen LogP contribution is -2.62. The van der Waals surface area contributed by atoms with Crippen molar-refractivity contribution in [3.63, 3.8) is 0 Å². The van der Waals surface area contributed by atoms with Crippen LogP contribution in [0.1, 0.15) is 24.3 Å². The Morgan fingerprint density at radius 3 is 2.42 bits per heavy atom. The van der Waals surface area contributed by atoms with E-state index in [1.165, 1.54) is 18.5 Å².